The Balaban J connectivity index is 2.47. The van der Waals surface area contributed by atoms with E-state index in [1.807, 2.05) is 0 Å². The van der Waals surface area contributed by atoms with Crippen LogP contribution in [0.5, 0.6) is 0 Å². The Kier molecular flexibility index (Phi) is 4.23. The minimum Gasteiger partial charge on any atom is -0.388 e. The Morgan fingerprint density at radius 2 is 2.06 bits per heavy atom. The third-order valence-corrected chi connectivity index (χ3v) is 2.10. The third-order valence-electron chi connectivity index (χ3n) is 2.10. The number of alkyl halides is 3. The summed E-state index contributed by atoms with van der Waals surface area (Å²) in [6.07, 6.45) is -4.58. The number of hydrogen-bond donors (Lipinski definition) is 1. The predicted octanol–water partition coefficient (Wildman–Crippen LogP) is 2.99. The second kappa shape index (κ2) is 5.25. The second-order valence-electron chi connectivity index (χ2n) is 3.42. The van der Waals surface area contributed by atoms with Crippen LogP contribution >= 0.6 is 0 Å². The van der Waals surface area contributed by atoms with E-state index in [1.54, 1.807) is 0 Å². The van der Waals surface area contributed by atoms with Crippen molar-refractivity contribution in [1.82, 2.24) is 4.98 Å². The van der Waals surface area contributed by atoms with E-state index in [2.05, 4.69) is 4.98 Å². The minimum atomic E-state index is -4.24. The highest BCUT2D eigenvalue weighted by Gasteiger charge is 2.26. The molecule has 1 rings (SSSR count). The van der Waals surface area contributed by atoms with E-state index in [1.165, 1.54) is 12.3 Å². The summed E-state index contributed by atoms with van der Waals surface area (Å²) < 4.78 is 48.5. The van der Waals surface area contributed by atoms with Gasteiger partial charge in [0, 0.05) is 18.2 Å². The van der Waals surface area contributed by atoms with Crippen LogP contribution in [0, 0.1) is 5.82 Å². The maximum Gasteiger partial charge on any atom is 0.389 e. The molecule has 1 atom stereocenters. The Hall–Kier alpha value is -1.17. The highest BCUT2D eigenvalue weighted by Crippen LogP contribution is 2.26. The molecular weight excluding hydrogens is 226 g/mol. The molecule has 0 aliphatic rings. The summed E-state index contributed by atoms with van der Waals surface area (Å²) >= 11 is 0. The van der Waals surface area contributed by atoms with E-state index in [4.69, 9.17) is 0 Å². The molecule has 2 nitrogen and oxygen atoms in total. The maximum absolute atomic E-state index is 13.1. The van der Waals surface area contributed by atoms with Gasteiger partial charge in [0.25, 0.3) is 0 Å². The molecule has 0 saturated heterocycles. The largest absolute Gasteiger partial charge is 0.389 e. The fourth-order valence-corrected chi connectivity index (χ4v) is 1.31. The topological polar surface area (TPSA) is 33.1 Å². The molecule has 0 aromatic carbocycles. The summed E-state index contributed by atoms with van der Waals surface area (Å²) in [5.74, 6) is -0.706. The number of halogens is 4. The quantitative estimate of drug-likeness (QED) is 0.816. The molecule has 90 valence electrons. The first-order valence-electron chi connectivity index (χ1n) is 4.74. The average molecular weight is 237 g/mol. The Morgan fingerprint density at radius 3 is 2.62 bits per heavy atom. The number of aromatic nitrogens is 1. The summed E-state index contributed by atoms with van der Waals surface area (Å²) in [6, 6.07) is 1.26. The van der Waals surface area contributed by atoms with Gasteiger partial charge in [-0.05, 0) is 18.9 Å². The molecule has 0 aliphatic heterocycles. The van der Waals surface area contributed by atoms with Gasteiger partial charge in [0.15, 0.2) is 0 Å². The molecule has 1 aromatic heterocycles. The van der Waals surface area contributed by atoms with Crippen molar-refractivity contribution in [2.75, 3.05) is 0 Å². The zero-order valence-electron chi connectivity index (χ0n) is 8.34. The van der Waals surface area contributed by atoms with Gasteiger partial charge in [-0.2, -0.15) is 13.2 Å². The molecular formula is C10H11F4NO. The molecule has 0 amide bonds. The minimum absolute atomic E-state index is 0.0165. The SMILES string of the molecule is OC(CCCC(F)(F)F)c1ccncc1F. The van der Waals surface area contributed by atoms with Gasteiger partial charge in [0.1, 0.15) is 5.82 Å². The molecule has 0 spiro atoms. The number of rotatable bonds is 4. The fourth-order valence-electron chi connectivity index (χ4n) is 1.31. The maximum atomic E-state index is 13.1. The summed E-state index contributed by atoms with van der Waals surface area (Å²) in [7, 11) is 0. The van der Waals surface area contributed by atoms with Crippen LogP contribution in [0.1, 0.15) is 30.9 Å². The summed E-state index contributed by atoms with van der Waals surface area (Å²) in [5, 5.41) is 9.46. The number of hydrogen-bond acceptors (Lipinski definition) is 2. The number of aliphatic hydroxyl groups excluding tert-OH is 1. The highest BCUT2D eigenvalue weighted by molar-refractivity contribution is 5.15. The smallest absolute Gasteiger partial charge is 0.388 e. The van der Waals surface area contributed by atoms with Gasteiger partial charge >= 0.3 is 6.18 Å². The van der Waals surface area contributed by atoms with E-state index >= 15 is 0 Å². The molecule has 0 aliphatic carbocycles. The van der Waals surface area contributed by atoms with Crippen LogP contribution in [-0.4, -0.2) is 16.3 Å². The van der Waals surface area contributed by atoms with Gasteiger partial charge in [0.2, 0.25) is 0 Å². The fraction of sp³-hybridized carbons (Fsp3) is 0.500. The van der Waals surface area contributed by atoms with Gasteiger partial charge in [-0.15, -0.1) is 0 Å². The van der Waals surface area contributed by atoms with E-state index in [0.29, 0.717) is 0 Å². The molecule has 1 N–H and O–H groups in total. The lowest BCUT2D eigenvalue weighted by molar-refractivity contribution is -0.136. The number of nitrogens with zero attached hydrogens (tertiary/aromatic N) is 1. The van der Waals surface area contributed by atoms with E-state index in [9.17, 15) is 22.7 Å². The van der Waals surface area contributed by atoms with Crippen LogP contribution in [0.15, 0.2) is 18.5 Å². The van der Waals surface area contributed by atoms with E-state index < -0.39 is 24.5 Å². The van der Waals surface area contributed by atoms with Crippen molar-refractivity contribution in [3.05, 3.63) is 29.8 Å². The van der Waals surface area contributed by atoms with Crippen molar-refractivity contribution in [2.45, 2.75) is 31.5 Å². The zero-order valence-corrected chi connectivity index (χ0v) is 8.34. The normalized spacial score (nSPS) is 13.8. The van der Waals surface area contributed by atoms with Crippen molar-refractivity contribution in [2.24, 2.45) is 0 Å². The third kappa shape index (κ3) is 4.14. The van der Waals surface area contributed by atoms with Crippen LogP contribution in [0.25, 0.3) is 0 Å². The summed E-state index contributed by atoms with van der Waals surface area (Å²) in [4.78, 5) is 3.48. The van der Waals surface area contributed by atoms with Crippen molar-refractivity contribution in [3.8, 4) is 0 Å². The standard InChI is InChI=1S/C10H11F4NO/c11-8-6-15-5-3-7(8)9(16)2-1-4-10(12,13)14/h3,5-6,9,16H,1-2,4H2. The van der Waals surface area contributed by atoms with Crippen LogP contribution in [-0.2, 0) is 0 Å². The van der Waals surface area contributed by atoms with Gasteiger partial charge in [-0.25, -0.2) is 4.39 Å². The lowest BCUT2D eigenvalue weighted by atomic mass is 10.0. The van der Waals surface area contributed by atoms with Crippen molar-refractivity contribution >= 4 is 0 Å². The average Bonchev–Trinajstić information content (AvgIpc) is 2.16. The summed E-state index contributed by atoms with van der Waals surface area (Å²) in [6.45, 7) is 0. The molecule has 6 heteroatoms. The van der Waals surface area contributed by atoms with E-state index in [0.717, 1.165) is 6.20 Å². The first-order chi connectivity index (χ1) is 7.40. The van der Waals surface area contributed by atoms with Crippen molar-refractivity contribution in [1.29, 1.82) is 0 Å². The molecule has 0 radical (unpaired) electrons. The van der Waals surface area contributed by atoms with Crippen LogP contribution in [0.2, 0.25) is 0 Å². The monoisotopic (exact) mass is 237 g/mol. The van der Waals surface area contributed by atoms with Gasteiger partial charge in [-0.1, -0.05) is 0 Å². The predicted molar refractivity (Wildman–Crippen MR) is 49.1 cm³/mol. The molecule has 0 fully saturated rings. The van der Waals surface area contributed by atoms with Crippen molar-refractivity contribution < 1.29 is 22.7 Å². The molecule has 1 aromatic rings. The summed E-state index contributed by atoms with van der Waals surface area (Å²) in [5.41, 5.74) is -0.0165. The van der Waals surface area contributed by atoms with E-state index in [-0.39, 0.29) is 18.4 Å². The zero-order chi connectivity index (χ0) is 12.2. The second-order valence-corrected chi connectivity index (χ2v) is 3.42. The van der Waals surface area contributed by atoms with Crippen LogP contribution in [0.3, 0.4) is 0 Å². The number of pyridine rings is 1. The van der Waals surface area contributed by atoms with Crippen molar-refractivity contribution in [3.63, 3.8) is 0 Å². The molecule has 1 unspecified atom stereocenters. The lowest BCUT2D eigenvalue weighted by Gasteiger charge is -2.12. The first-order valence-corrected chi connectivity index (χ1v) is 4.74. The van der Waals surface area contributed by atoms with Crippen LogP contribution in [0.4, 0.5) is 17.6 Å². The number of aliphatic hydroxyl groups is 1. The molecule has 16 heavy (non-hydrogen) atoms. The lowest BCUT2D eigenvalue weighted by Crippen LogP contribution is -2.08. The Labute approximate surface area is 89.9 Å². The van der Waals surface area contributed by atoms with Gasteiger partial charge < -0.3 is 5.11 Å². The van der Waals surface area contributed by atoms with Gasteiger partial charge in [0.05, 0.1) is 12.3 Å². The van der Waals surface area contributed by atoms with Crippen LogP contribution < -0.4 is 0 Å². The molecule has 0 bridgehead atoms. The molecule has 0 saturated carbocycles. The highest BCUT2D eigenvalue weighted by atomic mass is 19.4. The Bertz CT molecular complexity index is 340. The van der Waals surface area contributed by atoms with Gasteiger partial charge in [-0.3, -0.25) is 4.98 Å². The Morgan fingerprint density at radius 1 is 1.38 bits per heavy atom. The first kappa shape index (κ1) is 12.9. The molecule has 1 heterocycles.